The van der Waals surface area contributed by atoms with Crippen molar-refractivity contribution < 1.29 is 14.3 Å². The van der Waals surface area contributed by atoms with Gasteiger partial charge in [0.05, 0.1) is 19.8 Å². The Morgan fingerprint density at radius 3 is 3.17 bits per heavy atom. The first-order valence-electron chi connectivity index (χ1n) is 6.99. The van der Waals surface area contributed by atoms with E-state index in [0.29, 0.717) is 18.6 Å². The van der Waals surface area contributed by atoms with Gasteiger partial charge in [0.2, 0.25) is 0 Å². The average Bonchev–Trinajstić information content (AvgIpc) is 2.40. The maximum absolute atomic E-state index is 11.6. The van der Waals surface area contributed by atoms with Crippen molar-refractivity contribution in [1.29, 1.82) is 0 Å². The summed E-state index contributed by atoms with van der Waals surface area (Å²) >= 11 is 0. The number of nitrogens with one attached hydrogen (secondary N) is 1. The van der Waals surface area contributed by atoms with Crippen molar-refractivity contribution in [3.63, 3.8) is 0 Å². The predicted molar refractivity (Wildman–Crippen MR) is 69.3 cm³/mol. The van der Waals surface area contributed by atoms with Gasteiger partial charge in [0.25, 0.3) is 0 Å². The first-order valence-corrected chi connectivity index (χ1v) is 6.99. The van der Waals surface area contributed by atoms with Gasteiger partial charge in [-0.15, -0.1) is 0 Å². The van der Waals surface area contributed by atoms with Gasteiger partial charge in [0, 0.05) is 18.7 Å². The van der Waals surface area contributed by atoms with E-state index in [-0.39, 0.29) is 5.97 Å². The van der Waals surface area contributed by atoms with Crippen LogP contribution in [0.25, 0.3) is 0 Å². The lowest BCUT2D eigenvalue weighted by Crippen LogP contribution is -2.47. The third kappa shape index (κ3) is 3.56. The number of esters is 1. The second-order valence-electron chi connectivity index (χ2n) is 4.96. The second kappa shape index (κ2) is 6.90. The molecular formula is C14H23NO3. The van der Waals surface area contributed by atoms with E-state index in [9.17, 15) is 4.79 Å². The highest BCUT2D eigenvalue weighted by Crippen LogP contribution is 2.32. The average molecular weight is 253 g/mol. The van der Waals surface area contributed by atoms with Crippen molar-refractivity contribution in [3.8, 4) is 0 Å². The standard InChI is InChI=1S/C14H23NO3/c1-2-18-14(16)9-11-5-3-4-6-12(11)13-10-17-8-7-15-13/h9,12-13,15H,2-8,10H2,1H3/b11-9-. The van der Waals surface area contributed by atoms with E-state index >= 15 is 0 Å². The molecule has 2 rings (SSSR count). The molecule has 1 aliphatic heterocycles. The molecule has 1 aliphatic carbocycles. The zero-order valence-corrected chi connectivity index (χ0v) is 11.1. The smallest absolute Gasteiger partial charge is 0.330 e. The fraction of sp³-hybridized carbons (Fsp3) is 0.786. The summed E-state index contributed by atoms with van der Waals surface area (Å²) < 4.78 is 10.5. The topological polar surface area (TPSA) is 47.6 Å². The van der Waals surface area contributed by atoms with Gasteiger partial charge in [-0.25, -0.2) is 4.79 Å². The van der Waals surface area contributed by atoms with Crippen LogP contribution in [0, 0.1) is 5.92 Å². The third-order valence-corrected chi connectivity index (χ3v) is 3.73. The summed E-state index contributed by atoms with van der Waals surface area (Å²) in [5, 5.41) is 3.51. The van der Waals surface area contributed by atoms with E-state index in [1.165, 1.54) is 18.4 Å². The van der Waals surface area contributed by atoms with Gasteiger partial charge in [0.1, 0.15) is 0 Å². The van der Waals surface area contributed by atoms with Gasteiger partial charge in [0.15, 0.2) is 0 Å². The summed E-state index contributed by atoms with van der Waals surface area (Å²) in [6.45, 7) is 4.74. The summed E-state index contributed by atoms with van der Waals surface area (Å²) in [5.41, 5.74) is 1.24. The first-order chi connectivity index (χ1) is 8.81. The molecule has 2 unspecified atom stereocenters. The highest BCUT2D eigenvalue weighted by molar-refractivity contribution is 5.82. The predicted octanol–water partition coefficient (Wildman–Crippen LogP) is 1.65. The number of carbonyl (C=O) groups excluding carboxylic acids is 1. The third-order valence-electron chi connectivity index (χ3n) is 3.73. The molecule has 1 saturated carbocycles. The molecule has 0 bridgehead atoms. The second-order valence-corrected chi connectivity index (χ2v) is 4.96. The SMILES string of the molecule is CCOC(=O)/C=C1/CCCCC1C1COCCN1. The quantitative estimate of drug-likeness (QED) is 0.614. The highest BCUT2D eigenvalue weighted by atomic mass is 16.5. The Morgan fingerprint density at radius 2 is 2.44 bits per heavy atom. The number of carbonyl (C=O) groups is 1. The molecule has 4 nitrogen and oxygen atoms in total. The Hall–Kier alpha value is -0.870. The van der Waals surface area contributed by atoms with Gasteiger partial charge in [-0.1, -0.05) is 12.0 Å². The Bertz CT molecular complexity index is 308. The molecule has 2 atom stereocenters. The van der Waals surface area contributed by atoms with Crippen molar-refractivity contribution in [2.45, 2.75) is 38.6 Å². The van der Waals surface area contributed by atoms with Crippen LogP contribution in [0.15, 0.2) is 11.6 Å². The molecule has 0 aromatic heterocycles. The van der Waals surface area contributed by atoms with Crippen molar-refractivity contribution in [2.75, 3.05) is 26.4 Å². The van der Waals surface area contributed by atoms with Crippen LogP contribution in [0.1, 0.15) is 32.6 Å². The zero-order valence-electron chi connectivity index (χ0n) is 11.1. The number of ether oxygens (including phenoxy) is 2. The molecule has 2 fully saturated rings. The molecule has 1 heterocycles. The van der Waals surface area contributed by atoms with Crippen molar-refractivity contribution >= 4 is 5.97 Å². The molecule has 0 spiro atoms. The normalized spacial score (nSPS) is 31.3. The van der Waals surface area contributed by atoms with Crippen LogP contribution in [0.4, 0.5) is 0 Å². The Balaban J connectivity index is 2.02. The van der Waals surface area contributed by atoms with Crippen LogP contribution in [0.3, 0.4) is 0 Å². The number of rotatable bonds is 3. The van der Waals surface area contributed by atoms with Crippen LogP contribution in [0.2, 0.25) is 0 Å². The van der Waals surface area contributed by atoms with E-state index in [4.69, 9.17) is 9.47 Å². The summed E-state index contributed by atoms with van der Waals surface area (Å²) in [4.78, 5) is 11.6. The minimum absolute atomic E-state index is 0.198. The molecule has 4 heteroatoms. The van der Waals surface area contributed by atoms with E-state index in [1.807, 2.05) is 6.92 Å². The van der Waals surface area contributed by atoms with Gasteiger partial charge in [-0.2, -0.15) is 0 Å². The zero-order chi connectivity index (χ0) is 12.8. The molecule has 0 amide bonds. The van der Waals surface area contributed by atoms with Crippen LogP contribution in [-0.2, 0) is 14.3 Å². The summed E-state index contributed by atoms with van der Waals surface area (Å²) in [6.07, 6.45) is 6.29. The molecule has 0 radical (unpaired) electrons. The lowest BCUT2D eigenvalue weighted by Gasteiger charge is -2.35. The lowest BCUT2D eigenvalue weighted by molar-refractivity contribution is -0.137. The van der Waals surface area contributed by atoms with E-state index in [0.717, 1.165) is 32.6 Å². The van der Waals surface area contributed by atoms with E-state index in [2.05, 4.69) is 5.32 Å². The van der Waals surface area contributed by atoms with Crippen LogP contribution in [-0.4, -0.2) is 38.4 Å². The van der Waals surface area contributed by atoms with Gasteiger partial charge in [-0.05, 0) is 32.1 Å². The van der Waals surface area contributed by atoms with E-state index in [1.54, 1.807) is 6.08 Å². The van der Waals surface area contributed by atoms with Crippen LogP contribution < -0.4 is 5.32 Å². The van der Waals surface area contributed by atoms with Crippen molar-refractivity contribution in [3.05, 3.63) is 11.6 Å². The summed E-state index contributed by atoms with van der Waals surface area (Å²) in [7, 11) is 0. The number of morpholine rings is 1. The van der Waals surface area contributed by atoms with Gasteiger partial charge < -0.3 is 14.8 Å². The molecule has 18 heavy (non-hydrogen) atoms. The monoisotopic (exact) mass is 253 g/mol. The van der Waals surface area contributed by atoms with Crippen LogP contribution in [0.5, 0.6) is 0 Å². The lowest BCUT2D eigenvalue weighted by atomic mass is 9.79. The Kier molecular flexibility index (Phi) is 5.20. The number of hydrogen-bond acceptors (Lipinski definition) is 4. The summed E-state index contributed by atoms with van der Waals surface area (Å²) in [5.74, 6) is 0.236. The maximum atomic E-state index is 11.6. The minimum Gasteiger partial charge on any atom is -0.463 e. The molecule has 102 valence electrons. The minimum atomic E-state index is -0.198. The van der Waals surface area contributed by atoms with Crippen molar-refractivity contribution in [1.82, 2.24) is 5.32 Å². The largest absolute Gasteiger partial charge is 0.463 e. The number of hydrogen-bond donors (Lipinski definition) is 1. The first kappa shape index (κ1) is 13.6. The van der Waals surface area contributed by atoms with E-state index < -0.39 is 0 Å². The molecular weight excluding hydrogens is 230 g/mol. The molecule has 1 saturated heterocycles. The molecule has 0 aromatic carbocycles. The fourth-order valence-electron chi connectivity index (χ4n) is 2.88. The Morgan fingerprint density at radius 1 is 1.56 bits per heavy atom. The van der Waals surface area contributed by atoms with Gasteiger partial charge >= 0.3 is 5.97 Å². The fourth-order valence-corrected chi connectivity index (χ4v) is 2.88. The van der Waals surface area contributed by atoms with Crippen LogP contribution >= 0.6 is 0 Å². The molecule has 1 N–H and O–H groups in total. The van der Waals surface area contributed by atoms with Crippen molar-refractivity contribution in [2.24, 2.45) is 5.92 Å². The molecule has 2 aliphatic rings. The Labute approximate surface area is 109 Å². The summed E-state index contributed by atoms with van der Waals surface area (Å²) in [6, 6.07) is 0.361. The maximum Gasteiger partial charge on any atom is 0.330 e. The van der Waals surface area contributed by atoms with Gasteiger partial charge in [-0.3, -0.25) is 0 Å². The highest BCUT2D eigenvalue weighted by Gasteiger charge is 2.29. The molecule has 0 aromatic rings.